The zero-order valence-electron chi connectivity index (χ0n) is 12.8. The Kier molecular flexibility index (Phi) is 6.19. The molecule has 0 saturated heterocycles. The molecule has 0 aromatic carbocycles. The first kappa shape index (κ1) is 17.2. The number of likely N-dealkylation sites (N-methyl/N-ethyl adjacent to an activating group) is 1. The minimum Gasteiger partial charge on any atom is -0.352 e. The van der Waals surface area contributed by atoms with Crippen molar-refractivity contribution in [2.24, 2.45) is 12.8 Å². The van der Waals surface area contributed by atoms with Crippen LogP contribution in [0.5, 0.6) is 0 Å². The van der Waals surface area contributed by atoms with Crippen LogP contribution in [-0.4, -0.2) is 44.1 Å². The predicted octanol–water partition coefficient (Wildman–Crippen LogP) is 0.492. The maximum absolute atomic E-state index is 12.2. The van der Waals surface area contributed by atoms with Gasteiger partial charge in [-0.05, 0) is 26.5 Å². The molecule has 0 spiro atoms. The van der Waals surface area contributed by atoms with E-state index in [1.54, 1.807) is 23.9 Å². The summed E-state index contributed by atoms with van der Waals surface area (Å²) in [4.78, 5) is 2.41. The Morgan fingerprint density at radius 2 is 2.15 bits per heavy atom. The molecule has 20 heavy (non-hydrogen) atoms. The fourth-order valence-corrected chi connectivity index (χ4v) is 3.01. The van der Waals surface area contributed by atoms with Crippen molar-refractivity contribution in [1.82, 2.24) is 14.2 Å². The van der Waals surface area contributed by atoms with Crippen molar-refractivity contribution in [3.05, 3.63) is 18.0 Å². The van der Waals surface area contributed by atoms with E-state index in [0.29, 0.717) is 25.7 Å². The zero-order valence-corrected chi connectivity index (χ0v) is 13.6. The zero-order chi connectivity index (χ0) is 15.3. The Morgan fingerprint density at radius 1 is 1.50 bits per heavy atom. The van der Waals surface area contributed by atoms with Crippen LogP contribution in [0.1, 0.15) is 26.0 Å². The van der Waals surface area contributed by atoms with Gasteiger partial charge in [-0.25, -0.2) is 13.1 Å². The molecule has 0 aliphatic rings. The summed E-state index contributed by atoms with van der Waals surface area (Å²) < 4.78 is 28.7. The first-order valence-electron chi connectivity index (χ1n) is 6.87. The van der Waals surface area contributed by atoms with Gasteiger partial charge in [0, 0.05) is 44.6 Å². The first-order chi connectivity index (χ1) is 9.31. The van der Waals surface area contributed by atoms with E-state index in [1.165, 1.54) is 0 Å². The number of sulfonamides is 1. The van der Waals surface area contributed by atoms with Crippen LogP contribution >= 0.6 is 0 Å². The normalized spacial score (nSPS) is 13.9. The molecular weight excluding hydrogens is 276 g/mol. The number of hydrogen-bond acceptors (Lipinski definition) is 4. The molecule has 1 aromatic heterocycles. The van der Waals surface area contributed by atoms with E-state index in [-0.39, 0.29) is 4.90 Å². The van der Waals surface area contributed by atoms with Gasteiger partial charge in [0.15, 0.2) is 0 Å². The summed E-state index contributed by atoms with van der Waals surface area (Å²) in [6, 6.07) is 2.06. The molecule has 0 aliphatic heterocycles. The minimum absolute atomic E-state index is 0.270. The summed E-state index contributed by atoms with van der Waals surface area (Å²) in [6.07, 6.45) is 2.63. The standard InChI is InChI=1S/C13H26N4O2S/c1-5-11(2)16(3)7-6-15-20(18,19)13-8-12(9-14)17(4)10-13/h8,10-11,15H,5-7,9,14H2,1-4H3. The number of nitrogens with zero attached hydrogens (tertiary/aromatic N) is 2. The molecule has 1 rings (SSSR count). The van der Waals surface area contributed by atoms with Gasteiger partial charge in [0.05, 0.1) is 4.90 Å². The molecule has 0 saturated carbocycles. The molecule has 1 heterocycles. The minimum atomic E-state index is -3.45. The van der Waals surface area contributed by atoms with E-state index in [9.17, 15) is 8.42 Å². The highest BCUT2D eigenvalue weighted by molar-refractivity contribution is 7.89. The lowest BCUT2D eigenvalue weighted by Crippen LogP contribution is -2.36. The van der Waals surface area contributed by atoms with Gasteiger partial charge in [-0.3, -0.25) is 0 Å². The summed E-state index contributed by atoms with van der Waals surface area (Å²) in [5, 5.41) is 0. The van der Waals surface area contributed by atoms with Gasteiger partial charge in [-0.1, -0.05) is 6.92 Å². The van der Waals surface area contributed by atoms with Gasteiger partial charge in [0.25, 0.3) is 0 Å². The second-order valence-electron chi connectivity index (χ2n) is 5.12. The predicted molar refractivity (Wildman–Crippen MR) is 80.9 cm³/mol. The highest BCUT2D eigenvalue weighted by Crippen LogP contribution is 2.12. The van der Waals surface area contributed by atoms with Crippen molar-refractivity contribution in [2.45, 2.75) is 37.8 Å². The SMILES string of the molecule is CCC(C)N(C)CCNS(=O)(=O)c1cc(CN)n(C)c1. The maximum Gasteiger partial charge on any atom is 0.242 e. The molecule has 116 valence electrons. The summed E-state index contributed by atoms with van der Waals surface area (Å²) in [5.74, 6) is 0. The number of aromatic nitrogens is 1. The molecule has 7 heteroatoms. The molecule has 0 fully saturated rings. The van der Waals surface area contributed by atoms with Crippen LogP contribution < -0.4 is 10.5 Å². The number of nitrogens with two attached hydrogens (primary N) is 1. The monoisotopic (exact) mass is 302 g/mol. The van der Waals surface area contributed by atoms with Gasteiger partial charge in [-0.2, -0.15) is 0 Å². The van der Waals surface area contributed by atoms with Crippen molar-refractivity contribution in [1.29, 1.82) is 0 Å². The van der Waals surface area contributed by atoms with Gasteiger partial charge >= 0.3 is 0 Å². The Morgan fingerprint density at radius 3 is 2.65 bits per heavy atom. The highest BCUT2D eigenvalue weighted by atomic mass is 32.2. The van der Waals surface area contributed by atoms with Gasteiger partial charge in [0.2, 0.25) is 10.0 Å². The fraction of sp³-hybridized carbons (Fsp3) is 0.692. The lowest BCUT2D eigenvalue weighted by atomic mass is 10.2. The largest absolute Gasteiger partial charge is 0.352 e. The van der Waals surface area contributed by atoms with E-state index in [0.717, 1.165) is 12.1 Å². The Bertz CT molecular complexity index is 524. The van der Waals surface area contributed by atoms with E-state index < -0.39 is 10.0 Å². The third-order valence-electron chi connectivity index (χ3n) is 3.70. The molecule has 0 amide bonds. The second-order valence-corrected chi connectivity index (χ2v) is 6.88. The van der Waals surface area contributed by atoms with Crippen molar-refractivity contribution >= 4 is 10.0 Å². The van der Waals surface area contributed by atoms with Gasteiger partial charge in [-0.15, -0.1) is 0 Å². The molecule has 1 atom stereocenters. The molecule has 6 nitrogen and oxygen atoms in total. The summed E-state index contributed by atoms with van der Waals surface area (Å²) >= 11 is 0. The van der Waals surface area contributed by atoms with Gasteiger partial charge < -0.3 is 15.2 Å². The lowest BCUT2D eigenvalue weighted by Gasteiger charge is -2.23. The average Bonchev–Trinajstić information content (AvgIpc) is 2.79. The van der Waals surface area contributed by atoms with Crippen LogP contribution in [0, 0.1) is 0 Å². The number of hydrogen-bond donors (Lipinski definition) is 2. The van der Waals surface area contributed by atoms with E-state index in [2.05, 4.69) is 23.5 Å². The fourth-order valence-electron chi connectivity index (χ4n) is 1.90. The van der Waals surface area contributed by atoms with Gasteiger partial charge in [0.1, 0.15) is 0 Å². The molecule has 0 bridgehead atoms. The lowest BCUT2D eigenvalue weighted by molar-refractivity contribution is 0.256. The number of aryl methyl sites for hydroxylation is 1. The van der Waals surface area contributed by atoms with Crippen LogP contribution in [0.15, 0.2) is 17.2 Å². The molecule has 3 N–H and O–H groups in total. The average molecular weight is 302 g/mol. The molecule has 0 aliphatic carbocycles. The quantitative estimate of drug-likeness (QED) is 0.732. The number of nitrogens with one attached hydrogen (secondary N) is 1. The second kappa shape index (κ2) is 7.21. The van der Waals surface area contributed by atoms with Crippen molar-refractivity contribution in [3.63, 3.8) is 0 Å². The molecule has 0 radical (unpaired) electrons. The van der Waals surface area contributed by atoms with Crippen LogP contribution in [-0.2, 0) is 23.6 Å². The maximum atomic E-state index is 12.2. The summed E-state index contributed by atoms with van der Waals surface area (Å²) in [7, 11) is 0.334. The van der Waals surface area contributed by atoms with Crippen molar-refractivity contribution in [3.8, 4) is 0 Å². The van der Waals surface area contributed by atoms with Crippen LogP contribution in [0.2, 0.25) is 0 Å². The summed E-state index contributed by atoms with van der Waals surface area (Å²) in [5.41, 5.74) is 6.35. The van der Waals surface area contributed by atoms with Crippen LogP contribution in [0.25, 0.3) is 0 Å². The number of rotatable bonds is 8. The topological polar surface area (TPSA) is 80.4 Å². The van der Waals surface area contributed by atoms with Crippen molar-refractivity contribution in [2.75, 3.05) is 20.1 Å². The van der Waals surface area contributed by atoms with Crippen LogP contribution in [0.3, 0.4) is 0 Å². The summed E-state index contributed by atoms with van der Waals surface area (Å²) in [6.45, 7) is 5.65. The first-order valence-corrected chi connectivity index (χ1v) is 8.35. The molecule has 1 unspecified atom stereocenters. The third kappa shape index (κ3) is 4.31. The molecular formula is C13H26N4O2S. The van der Waals surface area contributed by atoms with E-state index in [1.807, 2.05) is 7.05 Å². The Hall–Kier alpha value is -0.890. The van der Waals surface area contributed by atoms with E-state index in [4.69, 9.17) is 5.73 Å². The molecule has 1 aromatic rings. The highest BCUT2D eigenvalue weighted by Gasteiger charge is 2.17. The Balaban J connectivity index is 2.62. The smallest absolute Gasteiger partial charge is 0.242 e. The van der Waals surface area contributed by atoms with Crippen LogP contribution in [0.4, 0.5) is 0 Å². The van der Waals surface area contributed by atoms with Crippen molar-refractivity contribution < 1.29 is 8.42 Å². The third-order valence-corrected chi connectivity index (χ3v) is 5.13. The van der Waals surface area contributed by atoms with E-state index >= 15 is 0 Å². The Labute approximate surface area is 122 Å².